The van der Waals surface area contributed by atoms with Crippen LogP contribution < -0.4 is 0 Å². The average Bonchev–Trinajstić information content (AvgIpc) is 0.775. The Morgan fingerprint density at radius 2 is 0.373 bits per heavy atom. The Kier molecular flexibility index (Phi) is 73.0. The van der Waals surface area contributed by atoms with Gasteiger partial charge in [0.15, 0.2) is 0 Å². The van der Waals surface area contributed by atoms with Gasteiger partial charge in [0.25, 0.3) is 0 Å². The molecule has 0 radical (unpaired) electrons. The van der Waals surface area contributed by atoms with E-state index >= 15 is 0 Å². The maximum atomic E-state index is 2.29. The first-order valence-corrected chi connectivity index (χ1v) is 49.4. The van der Waals surface area contributed by atoms with Crippen molar-refractivity contribution in [3.8, 4) is 0 Å². The van der Waals surface area contributed by atoms with Crippen LogP contribution >= 0.6 is 0 Å². The number of benzene rings is 9. The number of hydrogen-bond donors (Lipinski definition) is 0. The van der Waals surface area contributed by atoms with Crippen LogP contribution in [0.25, 0.3) is 0 Å². The fourth-order valence-electron chi connectivity index (χ4n) is 13.4. The zero-order valence-electron chi connectivity index (χ0n) is 96.6. The van der Waals surface area contributed by atoms with Gasteiger partial charge in [-0.3, -0.25) is 0 Å². The minimum Gasteiger partial charge on any atom is -0.0683 e. The van der Waals surface area contributed by atoms with Crippen molar-refractivity contribution in [1.82, 2.24) is 0 Å². The molecule has 0 N–H and O–H groups in total. The van der Waals surface area contributed by atoms with Crippen LogP contribution in [0, 0.1) is 125 Å². The molecule has 0 heterocycles. The summed E-state index contributed by atoms with van der Waals surface area (Å²) in [6.45, 7) is 136. The van der Waals surface area contributed by atoms with Crippen LogP contribution in [0.15, 0.2) is 164 Å². The fraction of sp³-hybridized carbons (Fsp3) is 0.571. The van der Waals surface area contributed by atoms with Crippen molar-refractivity contribution in [3.05, 3.63) is 314 Å². The molecule has 0 saturated carbocycles. The Morgan fingerprint density at radius 3 is 0.587 bits per heavy atom. The molecule has 0 bridgehead atoms. The predicted octanol–water partition coefficient (Wildman–Crippen LogP) is 41.6. The van der Waals surface area contributed by atoms with E-state index in [9.17, 15) is 0 Å². The highest BCUT2D eigenvalue weighted by atomic mass is 14.3. The smallest absolute Gasteiger partial charge is 0.0127 e. The predicted molar refractivity (Wildman–Crippen MR) is 594 cm³/mol. The Balaban J connectivity index is -0.000000170. The van der Waals surface area contributed by atoms with Crippen LogP contribution in [0.1, 0.15) is 462 Å². The highest BCUT2D eigenvalue weighted by Gasteiger charge is 2.22. The van der Waals surface area contributed by atoms with E-state index in [0.717, 1.165) is 0 Å². The lowest BCUT2D eigenvalue weighted by atomic mass is 9.81. The molecular weight excluding hydrogens is 1510 g/mol. The summed E-state index contributed by atoms with van der Waals surface area (Å²) in [5, 5.41) is 0. The zero-order valence-corrected chi connectivity index (χ0v) is 96.6. The van der Waals surface area contributed by atoms with Gasteiger partial charge in [-0.2, -0.15) is 0 Å². The summed E-state index contributed by atoms with van der Waals surface area (Å²) in [4.78, 5) is 0. The van der Waals surface area contributed by atoms with Crippen molar-refractivity contribution in [2.75, 3.05) is 0 Å². The standard InChI is InChI=1S/9C12H18.9C2H6/c1-9-6-10(2)8-11(7-9)12(3,4)5;3*1-9-6-7-11(8-10(9)2)12(3,4)5;2*1-9-6-7-11(10(2)8-9)12(3,4)5;1-9-6-7-10(2)11(8-9)12(3,4)5;1-9-7-6-8-11(10(9)2)12(3,4)5;1-9-7-6-8-10(2)11(9)12(3,4)5;9*1-2/h9*6-8H,1-5H3;9*1-2H3. The number of aryl methyl sites for hydroxylation is 17. The van der Waals surface area contributed by atoms with Crippen molar-refractivity contribution in [2.24, 2.45) is 0 Å². The van der Waals surface area contributed by atoms with Crippen LogP contribution in [0.5, 0.6) is 0 Å². The summed E-state index contributed by atoms with van der Waals surface area (Å²) in [7, 11) is 0. The summed E-state index contributed by atoms with van der Waals surface area (Å²) < 4.78 is 0. The molecule has 0 nitrogen and oxygen atoms in total. The minimum atomic E-state index is 0.273. The van der Waals surface area contributed by atoms with Gasteiger partial charge in [-0.25, -0.2) is 0 Å². The average molecular weight is 1730 g/mol. The van der Waals surface area contributed by atoms with Crippen LogP contribution in [-0.4, -0.2) is 0 Å². The molecule has 9 rings (SSSR count). The minimum absolute atomic E-state index is 0.273. The van der Waals surface area contributed by atoms with E-state index in [1.165, 1.54) is 150 Å². The van der Waals surface area contributed by atoms with E-state index in [4.69, 9.17) is 0 Å². The second kappa shape index (κ2) is 67.2. The molecule has 0 amide bonds. The topological polar surface area (TPSA) is 0 Å². The Labute approximate surface area is 793 Å². The van der Waals surface area contributed by atoms with Gasteiger partial charge in [0, 0.05) is 0 Å². The maximum Gasteiger partial charge on any atom is -0.0127 e. The first-order chi connectivity index (χ1) is 57.7. The molecule has 0 aliphatic carbocycles. The summed E-state index contributed by atoms with van der Waals surface area (Å²) >= 11 is 0. The maximum absolute atomic E-state index is 2.29. The molecule has 0 aliphatic heterocycles. The molecule has 9 aromatic rings. The van der Waals surface area contributed by atoms with Gasteiger partial charge < -0.3 is 0 Å². The molecule has 9 aromatic carbocycles. The molecule has 720 valence electrons. The van der Waals surface area contributed by atoms with Gasteiger partial charge in [0.05, 0.1) is 0 Å². The second-order valence-electron chi connectivity index (χ2n) is 41.0. The third-order valence-corrected chi connectivity index (χ3v) is 20.4. The van der Waals surface area contributed by atoms with Gasteiger partial charge >= 0.3 is 0 Å². The molecule has 0 spiro atoms. The molecule has 0 atom stereocenters. The lowest BCUT2D eigenvalue weighted by Crippen LogP contribution is -2.14. The molecule has 0 aromatic heterocycles. The van der Waals surface area contributed by atoms with Crippen molar-refractivity contribution in [2.45, 2.75) is 485 Å². The molecule has 0 aliphatic rings. The van der Waals surface area contributed by atoms with Gasteiger partial charge in [-0.05, 0) is 296 Å². The SMILES string of the molecule is CC.CC.CC.CC.CC.CC.CC.CC.CC.Cc1cc(C)cc(C(C)(C)C)c1.Cc1ccc(C(C)(C)C)c(C)c1.Cc1ccc(C(C)(C)C)c(C)c1.Cc1ccc(C(C)(C)C)cc1C.Cc1ccc(C(C)(C)C)cc1C.Cc1ccc(C(C)(C)C)cc1C.Cc1ccc(C)c(C(C)(C)C)c1.Cc1cccc(C(C)(C)C)c1C.Cc1cccc(C)c1C(C)(C)C. The highest BCUT2D eigenvalue weighted by Crippen LogP contribution is 2.33. The lowest BCUT2D eigenvalue weighted by molar-refractivity contribution is 0.582. The van der Waals surface area contributed by atoms with E-state index in [0.29, 0.717) is 0 Å². The van der Waals surface area contributed by atoms with E-state index < -0.39 is 0 Å². The monoisotopic (exact) mass is 1730 g/mol. The molecule has 0 fully saturated rings. The summed E-state index contributed by atoms with van der Waals surface area (Å²) in [5.41, 5.74) is 40.4. The largest absolute Gasteiger partial charge is 0.0683 e. The summed E-state index contributed by atoms with van der Waals surface area (Å²) in [6, 6.07) is 60.0. The summed E-state index contributed by atoms with van der Waals surface area (Å²) in [5.74, 6) is 0. The van der Waals surface area contributed by atoms with E-state index in [2.05, 4.69) is 475 Å². The van der Waals surface area contributed by atoms with Crippen molar-refractivity contribution in [1.29, 1.82) is 0 Å². The summed E-state index contributed by atoms with van der Waals surface area (Å²) in [6.07, 6.45) is 0. The zero-order chi connectivity index (χ0) is 102. The van der Waals surface area contributed by atoms with Crippen molar-refractivity contribution < 1.29 is 0 Å². The fourth-order valence-corrected chi connectivity index (χ4v) is 13.4. The van der Waals surface area contributed by atoms with Gasteiger partial charge in [-0.15, -0.1) is 0 Å². The third-order valence-electron chi connectivity index (χ3n) is 20.4. The molecular formula is C126H216. The normalized spacial score (nSPS) is 10.5. The molecule has 126 heavy (non-hydrogen) atoms. The van der Waals surface area contributed by atoms with Crippen molar-refractivity contribution in [3.63, 3.8) is 0 Å². The van der Waals surface area contributed by atoms with Gasteiger partial charge in [-0.1, -0.05) is 503 Å². The first kappa shape index (κ1) is 137. The Morgan fingerprint density at radius 1 is 0.135 bits per heavy atom. The Hall–Kier alpha value is -7.02. The van der Waals surface area contributed by atoms with E-state index in [-0.39, 0.29) is 48.7 Å². The first-order valence-electron chi connectivity index (χ1n) is 49.4. The van der Waals surface area contributed by atoms with Gasteiger partial charge in [0.1, 0.15) is 0 Å². The van der Waals surface area contributed by atoms with Gasteiger partial charge in [0.2, 0.25) is 0 Å². The van der Waals surface area contributed by atoms with Crippen LogP contribution in [0.4, 0.5) is 0 Å². The highest BCUT2D eigenvalue weighted by molar-refractivity contribution is 5.42. The van der Waals surface area contributed by atoms with E-state index in [1.807, 2.05) is 125 Å². The Bertz CT molecular complexity index is 3980. The lowest BCUT2D eigenvalue weighted by Gasteiger charge is -2.23. The quantitative estimate of drug-likeness (QED) is 0.142. The second-order valence-corrected chi connectivity index (χ2v) is 41.0. The van der Waals surface area contributed by atoms with E-state index in [1.54, 1.807) is 0 Å². The van der Waals surface area contributed by atoms with Crippen LogP contribution in [-0.2, 0) is 48.7 Å². The van der Waals surface area contributed by atoms with Crippen LogP contribution in [0.3, 0.4) is 0 Å². The number of rotatable bonds is 0. The molecule has 0 saturated heterocycles. The molecule has 0 heteroatoms. The third kappa shape index (κ3) is 57.8. The number of hydrogen-bond acceptors (Lipinski definition) is 0. The van der Waals surface area contributed by atoms with Crippen LogP contribution in [0.2, 0.25) is 0 Å². The molecule has 0 unspecified atom stereocenters. The van der Waals surface area contributed by atoms with Crippen molar-refractivity contribution >= 4 is 0 Å².